The van der Waals surface area contributed by atoms with Crippen molar-refractivity contribution in [2.75, 3.05) is 44.2 Å². The first-order chi connectivity index (χ1) is 14.9. The number of thiophene rings is 1. The first-order valence-corrected chi connectivity index (χ1v) is 13.3. The summed E-state index contributed by atoms with van der Waals surface area (Å²) < 4.78 is 27.6. The molecular formula is C23H31N3O3S2. The molecule has 0 spiro atoms. The van der Waals surface area contributed by atoms with Crippen LogP contribution in [0.25, 0.3) is 0 Å². The van der Waals surface area contributed by atoms with Crippen LogP contribution < -0.4 is 4.90 Å². The molecular weight excluding hydrogens is 430 g/mol. The van der Waals surface area contributed by atoms with Gasteiger partial charge in [0, 0.05) is 49.8 Å². The third-order valence-electron chi connectivity index (χ3n) is 6.42. The van der Waals surface area contributed by atoms with E-state index in [4.69, 9.17) is 0 Å². The van der Waals surface area contributed by atoms with Gasteiger partial charge in [-0.2, -0.15) is 4.31 Å². The van der Waals surface area contributed by atoms with Gasteiger partial charge in [0.2, 0.25) is 5.91 Å². The molecule has 31 heavy (non-hydrogen) atoms. The Kier molecular flexibility index (Phi) is 6.69. The number of rotatable bonds is 5. The van der Waals surface area contributed by atoms with Gasteiger partial charge in [0.05, 0.1) is 6.42 Å². The summed E-state index contributed by atoms with van der Waals surface area (Å²) in [6, 6.07) is 9.82. The molecule has 3 heterocycles. The van der Waals surface area contributed by atoms with E-state index in [0.717, 1.165) is 37.2 Å². The molecule has 1 aromatic heterocycles. The summed E-state index contributed by atoms with van der Waals surface area (Å²) in [6.07, 6.45) is 3.20. The molecule has 0 saturated carbocycles. The minimum absolute atomic E-state index is 0.0735. The number of carbonyl (C=O) groups is 1. The van der Waals surface area contributed by atoms with Crippen molar-refractivity contribution >= 4 is 33.0 Å². The minimum atomic E-state index is -3.43. The van der Waals surface area contributed by atoms with Gasteiger partial charge in [-0.05, 0) is 56.0 Å². The van der Waals surface area contributed by atoms with Gasteiger partial charge in [-0.25, -0.2) is 8.42 Å². The predicted molar refractivity (Wildman–Crippen MR) is 125 cm³/mol. The summed E-state index contributed by atoms with van der Waals surface area (Å²) in [6.45, 7) is 8.48. The molecule has 0 bridgehead atoms. The van der Waals surface area contributed by atoms with Crippen molar-refractivity contribution in [3.63, 3.8) is 0 Å². The largest absolute Gasteiger partial charge is 0.368 e. The SMILES string of the molecule is Cc1cccc(N2CCN(C(=O)Cc3ccc(S(=O)(=O)N4CCCCC4)s3)CC2)c1C. The van der Waals surface area contributed by atoms with Gasteiger partial charge in [0.15, 0.2) is 0 Å². The van der Waals surface area contributed by atoms with Crippen LogP contribution in [0, 0.1) is 13.8 Å². The van der Waals surface area contributed by atoms with Crippen LogP contribution in [0.3, 0.4) is 0 Å². The van der Waals surface area contributed by atoms with Crippen molar-refractivity contribution in [1.82, 2.24) is 9.21 Å². The molecule has 0 radical (unpaired) electrons. The molecule has 4 rings (SSSR count). The lowest BCUT2D eigenvalue weighted by Gasteiger charge is -2.37. The van der Waals surface area contributed by atoms with Gasteiger partial charge < -0.3 is 9.80 Å². The Hall–Kier alpha value is -1.90. The van der Waals surface area contributed by atoms with Crippen LogP contribution in [0.5, 0.6) is 0 Å². The van der Waals surface area contributed by atoms with E-state index >= 15 is 0 Å². The average molecular weight is 462 g/mol. The highest BCUT2D eigenvalue weighted by Gasteiger charge is 2.28. The molecule has 0 aliphatic carbocycles. The number of anilines is 1. The molecule has 0 N–H and O–H groups in total. The number of carbonyl (C=O) groups excluding carboxylic acids is 1. The van der Waals surface area contributed by atoms with Crippen molar-refractivity contribution in [3.8, 4) is 0 Å². The molecule has 2 aliphatic heterocycles. The summed E-state index contributed by atoms with van der Waals surface area (Å²) in [5.74, 6) is 0.0735. The summed E-state index contributed by atoms with van der Waals surface area (Å²) in [5, 5.41) is 0. The highest BCUT2D eigenvalue weighted by Crippen LogP contribution is 2.28. The molecule has 0 unspecified atom stereocenters. The summed E-state index contributed by atoms with van der Waals surface area (Å²) in [5.41, 5.74) is 3.82. The lowest BCUT2D eigenvalue weighted by Crippen LogP contribution is -2.49. The van der Waals surface area contributed by atoms with E-state index < -0.39 is 10.0 Å². The molecule has 1 aromatic carbocycles. The normalized spacial score (nSPS) is 18.4. The second kappa shape index (κ2) is 9.30. The molecule has 8 heteroatoms. The summed E-state index contributed by atoms with van der Waals surface area (Å²) >= 11 is 1.24. The fraction of sp³-hybridized carbons (Fsp3) is 0.522. The average Bonchev–Trinajstić information content (AvgIpc) is 3.26. The molecule has 2 fully saturated rings. The maximum absolute atomic E-state index is 12.8. The lowest BCUT2D eigenvalue weighted by molar-refractivity contribution is -0.130. The van der Waals surface area contributed by atoms with Crippen LogP contribution in [0.4, 0.5) is 5.69 Å². The Bertz CT molecular complexity index is 1030. The van der Waals surface area contributed by atoms with E-state index in [9.17, 15) is 13.2 Å². The zero-order valence-electron chi connectivity index (χ0n) is 18.3. The van der Waals surface area contributed by atoms with Crippen LogP contribution in [-0.4, -0.2) is 62.8 Å². The van der Waals surface area contributed by atoms with E-state index in [1.807, 2.05) is 4.90 Å². The number of aryl methyl sites for hydroxylation is 1. The molecule has 2 saturated heterocycles. The smallest absolute Gasteiger partial charge is 0.252 e. The van der Waals surface area contributed by atoms with Crippen molar-refractivity contribution in [3.05, 3.63) is 46.3 Å². The van der Waals surface area contributed by atoms with Crippen molar-refractivity contribution in [2.24, 2.45) is 0 Å². The first kappa shape index (κ1) is 22.3. The number of nitrogens with zero attached hydrogens (tertiary/aromatic N) is 3. The van der Waals surface area contributed by atoms with Gasteiger partial charge >= 0.3 is 0 Å². The third-order valence-corrected chi connectivity index (χ3v) is 9.87. The van der Waals surface area contributed by atoms with Crippen LogP contribution in [0.1, 0.15) is 35.3 Å². The predicted octanol–water partition coefficient (Wildman–Crippen LogP) is 3.43. The van der Waals surface area contributed by atoms with Crippen molar-refractivity contribution < 1.29 is 13.2 Å². The molecule has 0 atom stereocenters. The zero-order chi connectivity index (χ0) is 22.0. The molecule has 2 aliphatic rings. The highest BCUT2D eigenvalue weighted by atomic mass is 32.2. The van der Waals surface area contributed by atoms with Crippen LogP contribution in [0.2, 0.25) is 0 Å². The number of piperazine rings is 1. The topological polar surface area (TPSA) is 60.9 Å². The fourth-order valence-electron chi connectivity index (χ4n) is 4.36. The maximum atomic E-state index is 12.8. The molecule has 168 valence electrons. The van der Waals surface area contributed by atoms with E-state index in [2.05, 4.69) is 36.9 Å². The second-order valence-electron chi connectivity index (χ2n) is 8.45. The number of benzene rings is 1. The highest BCUT2D eigenvalue weighted by molar-refractivity contribution is 7.91. The Morgan fingerprint density at radius 3 is 2.35 bits per heavy atom. The first-order valence-electron chi connectivity index (χ1n) is 11.0. The number of sulfonamides is 1. The quantitative estimate of drug-likeness (QED) is 0.685. The van der Waals surface area contributed by atoms with Crippen molar-refractivity contribution in [2.45, 2.75) is 43.7 Å². The molecule has 2 aromatic rings. The van der Waals surface area contributed by atoms with E-state index in [1.54, 1.807) is 16.4 Å². The Labute approximate surface area is 189 Å². The number of hydrogen-bond acceptors (Lipinski definition) is 5. The van der Waals surface area contributed by atoms with Gasteiger partial charge in [-0.15, -0.1) is 11.3 Å². The third kappa shape index (κ3) is 4.81. The molecule has 6 nitrogen and oxygen atoms in total. The fourth-order valence-corrected chi connectivity index (χ4v) is 7.38. The van der Waals surface area contributed by atoms with Gasteiger partial charge in [-0.1, -0.05) is 18.6 Å². The molecule has 1 amide bonds. The number of piperidine rings is 1. The van der Waals surface area contributed by atoms with Gasteiger partial charge in [-0.3, -0.25) is 4.79 Å². The van der Waals surface area contributed by atoms with Crippen molar-refractivity contribution in [1.29, 1.82) is 0 Å². The number of hydrogen-bond donors (Lipinski definition) is 0. The zero-order valence-corrected chi connectivity index (χ0v) is 20.0. The monoisotopic (exact) mass is 461 g/mol. The Balaban J connectivity index is 1.35. The van der Waals surface area contributed by atoms with Crippen LogP contribution >= 0.6 is 11.3 Å². The van der Waals surface area contributed by atoms with Gasteiger partial charge in [0.1, 0.15) is 4.21 Å². The van der Waals surface area contributed by atoms with E-state index in [1.165, 1.54) is 28.2 Å². The standard InChI is InChI=1S/C23H31N3O3S2/c1-18-7-6-8-21(19(18)2)24-13-15-25(16-14-24)22(27)17-20-9-10-23(30-20)31(28,29)26-11-4-3-5-12-26/h6-10H,3-5,11-17H2,1-2H3. The summed E-state index contributed by atoms with van der Waals surface area (Å²) in [4.78, 5) is 17.9. The number of amides is 1. The lowest BCUT2D eigenvalue weighted by atomic mass is 10.1. The van der Waals surface area contributed by atoms with Crippen LogP contribution in [0.15, 0.2) is 34.5 Å². The summed E-state index contributed by atoms with van der Waals surface area (Å²) in [7, 11) is -3.43. The Morgan fingerprint density at radius 2 is 1.65 bits per heavy atom. The Morgan fingerprint density at radius 1 is 0.935 bits per heavy atom. The van der Waals surface area contributed by atoms with Crippen LogP contribution in [-0.2, 0) is 21.2 Å². The van der Waals surface area contributed by atoms with Gasteiger partial charge in [0.25, 0.3) is 10.0 Å². The van der Waals surface area contributed by atoms with E-state index in [-0.39, 0.29) is 12.3 Å². The second-order valence-corrected chi connectivity index (χ2v) is 11.8. The minimum Gasteiger partial charge on any atom is -0.368 e. The maximum Gasteiger partial charge on any atom is 0.252 e. The van der Waals surface area contributed by atoms with E-state index in [0.29, 0.717) is 30.4 Å².